The van der Waals surface area contributed by atoms with Gasteiger partial charge in [0.1, 0.15) is 0 Å². The van der Waals surface area contributed by atoms with Crippen LogP contribution in [0.2, 0.25) is 0 Å². The van der Waals surface area contributed by atoms with Gasteiger partial charge in [-0.1, -0.05) is 39.1 Å². The fourth-order valence-corrected chi connectivity index (χ4v) is 3.69. The van der Waals surface area contributed by atoms with Crippen molar-refractivity contribution < 1.29 is 52.8 Å². The summed E-state index contributed by atoms with van der Waals surface area (Å²) < 4.78 is 0. The Bertz CT molecular complexity index is 1590. The number of aromatic nitrogens is 5. The molecule has 8 heteroatoms. The van der Waals surface area contributed by atoms with Crippen LogP contribution >= 0.6 is 0 Å². The number of pyridine rings is 1. The molecule has 0 aliphatic heterocycles. The third-order valence-electron chi connectivity index (χ3n) is 5.64. The van der Waals surface area contributed by atoms with Gasteiger partial charge in [0.05, 0.1) is 11.3 Å². The third kappa shape index (κ3) is 8.34. The number of nitrogens with zero attached hydrogens (tertiary/aromatic N) is 4. The fraction of sp³-hybridized carbons (Fsp3) is 0.125. The summed E-state index contributed by atoms with van der Waals surface area (Å²) >= 11 is 0. The van der Waals surface area contributed by atoms with Crippen molar-refractivity contribution in [2.75, 3.05) is 0 Å². The first-order chi connectivity index (χ1) is 18.0. The van der Waals surface area contributed by atoms with E-state index in [4.69, 9.17) is 0 Å². The van der Waals surface area contributed by atoms with Crippen molar-refractivity contribution in [3.8, 4) is 33.9 Å². The topological polar surface area (TPSA) is 67.3 Å². The van der Waals surface area contributed by atoms with Crippen molar-refractivity contribution in [1.29, 1.82) is 0 Å². The number of rotatable bonds is 3. The standard InChI is InChI=1S/C18H10N3.C14H15N2.B.Ir.Y/c1-2-9-17-16(8-1)20-18(21-17)14-6-3-5-13(11-14)15-7-4-10-19-12-15;1-14(2,3)12-9-10-15-13(16-12)11-7-5-4-6-8-11;;;/h1-5,7-10H,(H,20,21);4-7,9-10H,1-3H3;;;/q-3;-1;;;. The normalized spacial score (nSPS) is 10.3. The molecule has 40 heavy (non-hydrogen) atoms. The number of H-pyrrole nitrogens is 1. The molecule has 3 heterocycles. The van der Waals surface area contributed by atoms with Crippen molar-refractivity contribution in [3.05, 3.63) is 121 Å². The molecule has 3 aromatic heterocycles. The number of nitrogens with one attached hydrogen (secondary N) is 1. The van der Waals surface area contributed by atoms with Crippen LogP contribution in [0.4, 0.5) is 0 Å². The van der Waals surface area contributed by atoms with Crippen molar-refractivity contribution in [3.63, 3.8) is 0 Å². The van der Waals surface area contributed by atoms with Crippen LogP contribution in [0.5, 0.6) is 0 Å². The summed E-state index contributed by atoms with van der Waals surface area (Å²) in [6.07, 6.45) is 6.48. The average Bonchev–Trinajstić information content (AvgIpc) is 3.39. The Morgan fingerprint density at radius 1 is 0.750 bits per heavy atom. The first-order valence-corrected chi connectivity index (χ1v) is 12.0. The van der Waals surface area contributed by atoms with E-state index in [1.165, 1.54) is 0 Å². The molecule has 3 aromatic carbocycles. The maximum absolute atomic E-state index is 4.57. The summed E-state index contributed by atoms with van der Waals surface area (Å²) in [5.41, 5.74) is 6.62. The van der Waals surface area contributed by atoms with Gasteiger partial charge in [-0.2, -0.15) is 5.56 Å². The molecule has 0 spiro atoms. The minimum Gasteiger partial charge on any atom is -0.417 e. The Morgan fingerprint density at radius 3 is 2.23 bits per heavy atom. The van der Waals surface area contributed by atoms with Crippen molar-refractivity contribution >= 4 is 19.4 Å². The number of benzene rings is 3. The van der Waals surface area contributed by atoms with Crippen LogP contribution in [-0.4, -0.2) is 33.3 Å². The number of fused-ring (bicyclic) bond motifs is 1. The molecule has 6 aromatic rings. The van der Waals surface area contributed by atoms with Crippen LogP contribution in [0, 0.1) is 24.4 Å². The molecule has 0 aliphatic rings. The van der Waals surface area contributed by atoms with Crippen molar-refractivity contribution in [1.82, 2.24) is 24.9 Å². The Hall–Kier alpha value is -2.82. The molecule has 1 N–H and O–H groups in total. The molecule has 0 fully saturated rings. The van der Waals surface area contributed by atoms with Gasteiger partial charge < -0.3 is 21.0 Å². The van der Waals surface area contributed by atoms with E-state index >= 15 is 0 Å². The Kier molecular flexibility index (Phi) is 12.7. The predicted octanol–water partition coefficient (Wildman–Crippen LogP) is 6.55. The van der Waals surface area contributed by atoms with Crippen molar-refractivity contribution in [2.24, 2.45) is 0 Å². The zero-order valence-electron chi connectivity index (χ0n) is 22.4. The van der Waals surface area contributed by atoms with Gasteiger partial charge in [0.25, 0.3) is 0 Å². The largest absolute Gasteiger partial charge is 0.417 e. The van der Waals surface area contributed by atoms with Gasteiger partial charge in [-0.05, 0) is 30.2 Å². The first-order valence-electron chi connectivity index (χ1n) is 12.0. The number of imidazole rings is 1. The zero-order valence-corrected chi connectivity index (χ0v) is 27.7. The Morgan fingerprint density at radius 2 is 1.52 bits per heavy atom. The van der Waals surface area contributed by atoms with Gasteiger partial charge in [0.15, 0.2) is 0 Å². The van der Waals surface area contributed by atoms with E-state index in [1.54, 1.807) is 6.20 Å². The summed E-state index contributed by atoms with van der Waals surface area (Å²) in [4.78, 5) is 20.7. The quantitative estimate of drug-likeness (QED) is 0.164. The number of para-hydroxylation sites is 2. The van der Waals surface area contributed by atoms with E-state index in [1.807, 2.05) is 85.1 Å². The second-order valence-corrected chi connectivity index (χ2v) is 9.45. The maximum Gasteiger partial charge on any atom is 0.0751 e. The summed E-state index contributed by atoms with van der Waals surface area (Å²) in [5, 5.41) is 0. The smallest absolute Gasteiger partial charge is 0.0751 e. The van der Waals surface area contributed by atoms with Crippen LogP contribution in [0.3, 0.4) is 0 Å². The molecule has 0 saturated heterocycles. The molecule has 0 unspecified atom stereocenters. The van der Waals surface area contributed by atoms with Gasteiger partial charge in [-0.25, -0.2) is 6.07 Å². The van der Waals surface area contributed by atoms with Crippen LogP contribution in [0.25, 0.3) is 44.9 Å². The van der Waals surface area contributed by atoms with Crippen LogP contribution in [0.15, 0.2) is 91.3 Å². The fourth-order valence-electron chi connectivity index (χ4n) is 3.69. The molecular formula is C32H25BIrN5Y-4. The molecule has 0 bridgehead atoms. The first kappa shape index (κ1) is 33.4. The molecule has 0 aliphatic carbocycles. The van der Waals surface area contributed by atoms with Gasteiger partial charge >= 0.3 is 0 Å². The second kappa shape index (κ2) is 15.3. The number of hydrogen-bond acceptors (Lipinski definition) is 4. The van der Waals surface area contributed by atoms with Crippen molar-refractivity contribution in [2.45, 2.75) is 26.2 Å². The molecule has 0 saturated carbocycles. The van der Waals surface area contributed by atoms with E-state index in [0.717, 1.165) is 50.6 Å². The molecule has 197 valence electrons. The maximum atomic E-state index is 4.57. The molecule has 5 radical (unpaired) electrons. The number of hydrogen-bond donors (Lipinski definition) is 1. The van der Waals surface area contributed by atoms with E-state index < -0.39 is 0 Å². The Balaban J connectivity index is 0.000000269. The summed E-state index contributed by atoms with van der Waals surface area (Å²) in [6, 6.07) is 35.0. The van der Waals surface area contributed by atoms with Crippen LogP contribution in [-0.2, 0) is 58.2 Å². The summed E-state index contributed by atoms with van der Waals surface area (Å²) in [6.45, 7) is 6.44. The monoisotopic (exact) mass is 772 g/mol. The van der Waals surface area contributed by atoms with E-state index in [2.05, 4.69) is 70.1 Å². The Labute approximate surface area is 276 Å². The van der Waals surface area contributed by atoms with Gasteiger partial charge in [-0.15, -0.1) is 48.0 Å². The second-order valence-electron chi connectivity index (χ2n) is 9.45. The zero-order chi connectivity index (χ0) is 25.7. The molecule has 6 rings (SSSR count). The minimum absolute atomic E-state index is 0. The van der Waals surface area contributed by atoms with Crippen LogP contribution in [0.1, 0.15) is 26.5 Å². The minimum atomic E-state index is 0. The van der Waals surface area contributed by atoms with Gasteiger partial charge in [0.2, 0.25) is 0 Å². The van der Waals surface area contributed by atoms with Crippen LogP contribution < -0.4 is 0 Å². The third-order valence-corrected chi connectivity index (χ3v) is 5.64. The SMILES string of the molecule is CC(C)(C)c1ccnc(-c2[c-]cccc2)n1.[B].[Ir].[Y].[c-]1ccc(-c2[c-]nccc2)[c-]c1-c1nc2ccccc2[nH]1. The van der Waals surface area contributed by atoms with E-state index in [-0.39, 0.29) is 66.6 Å². The average molecular weight is 772 g/mol. The predicted molar refractivity (Wildman–Crippen MR) is 152 cm³/mol. The number of aromatic amines is 1. The van der Waals surface area contributed by atoms with E-state index in [0.29, 0.717) is 0 Å². The molecular weight excluding hydrogens is 746 g/mol. The molecule has 0 amide bonds. The summed E-state index contributed by atoms with van der Waals surface area (Å²) in [7, 11) is 0. The molecule has 0 atom stereocenters. The molecule has 5 nitrogen and oxygen atoms in total. The van der Waals surface area contributed by atoms with E-state index in [9.17, 15) is 0 Å². The van der Waals surface area contributed by atoms with Gasteiger partial charge in [0, 0.05) is 84.1 Å². The van der Waals surface area contributed by atoms with Gasteiger partial charge in [-0.3, -0.25) is 33.2 Å². The summed E-state index contributed by atoms with van der Waals surface area (Å²) in [5.74, 6) is 1.51.